The van der Waals surface area contributed by atoms with Crippen molar-refractivity contribution in [3.05, 3.63) is 0 Å². The maximum atomic E-state index is 12.1. The fourth-order valence-corrected chi connectivity index (χ4v) is 3.69. The number of quaternary nitrogens is 1. The summed E-state index contributed by atoms with van der Waals surface area (Å²) in [5.41, 5.74) is 0. The molecular weight excluding hydrogens is 259 g/mol. The van der Waals surface area contributed by atoms with Crippen LogP contribution in [0, 0.1) is 5.92 Å². The average Bonchev–Trinajstić information content (AvgIpc) is 2.33. The molecule has 0 saturated carbocycles. The molecule has 2 rings (SSSR count). The van der Waals surface area contributed by atoms with Crippen LogP contribution in [0.5, 0.6) is 0 Å². The second-order valence-corrected chi connectivity index (χ2v) is 5.99. The largest absolute Gasteiger partial charge is 0.490 e. The first kappa shape index (κ1) is 14.6. The van der Waals surface area contributed by atoms with E-state index in [2.05, 4.69) is 11.8 Å². The topological polar surface area (TPSA) is 26.3 Å². The standard InChI is InChI=1S/C13H21F3NO2/c1-17-7-3-2-6-11(17)10(5-4-8-17)9-19-12(18)13(14,15)16/h10-11H,2-9H2,1H3/q+1. The molecule has 2 heterocycles. The van der Waals surface area contributed by atoms with Crippen LogP contribution in [0.25, 0.3) is 0 Å². The summed E-state index contributed by atoms with van der Waals surface area (Å²) in [4.78, 5) is 10.8. The van der Waals surface area contributed by atoms with E-state index in [9.17, 15) is 18.0 Å². The minimum atomic E-state index is -4.88. The van der Waals surface area contributed by atoms with Crippen molar-refractivity contribution in [2.45, 2.75) is 44.3 Å². The Morgan fingerprint density at radius 3 is 2.58 bits per heavy atom. The molecule has 6 heteroatoms. The van der Waals surface area contributed by atoms with Gasteiger partial charge in [-0.1, -0.05) is 0 Å². The fraction of sp³-hybridized carbons (Fsp3) is 0.923. The van der Waals surface area contributed by atoms with E-state index in [1.54, 1.807) is 0 Å². The van der Waals surface area contributed by atoms with Gasteiger partial charge in [-0.3, -0.25) is 0 Å². The Hall–Kier alpha value is -0.780. The maximum absolute atomic E-state index is 12.1. The number of ether oxygens (including phenoxy) is 1. The van der Waals surface area contributed by atoms with E-state index >= 15 is 0 Å². The second-order valence-electron chi connectivity index (χ2n) is 5.99. The number of alkyl halides is 3. The van der Waals surface area contributed by atoms with Gasteiger partial charge in [0, 0.05) is 12.3 Å². The maximum Gasteiger partial charge on any atom is 0.490 e. The summed E-state index contributed by atoms with van der Waals surface area (Å²) < 4.78 is 41.8. The molecule has 3 atom stereocenters. The predicted molar refractivity (Wildman–Crippen MR) is 63.3 cm³/mol. The highest BCUT2D eigenvalue weighted by Gasteiger charge is 2.46. The minimum Gasteiger partial charge on any atom is -0.458 e. The molecule has 0 aromatic heterocycles. The monoisotopic (exact) mass is 280 g/mol. The molecule has 0 aromatic carbocycles. The Morgan fingerprint density at radius 2 is 1.89 bits per heavy atom. The van der Waals surface area contributed by atoms with E-state index < -0.39 is 12.1 Å². The molecule has 0 N–H and O–H groups in total. The molecule has 110 valence electrons. The summed E-state index contributed by atoms with van der Waals surface area (Å²) in [6, 6.07) is 0.350. The molecule has 0 bridgehead atoms. The molecule has 0 amide bonds. The Bertz CT molecular complexity index is 341. The van der Waals surface area contributed by atoms with Gasteiger partial charge in [0.15, 0.2) is 0 Å². The van der Waals surface area contributed by atoms with E-state index in [0.717, 1.165) is 43.3 Å². The van der Waals surface area contributed by atoms with Crippen molar-refractivity contribution in [2.24, 2.45) is 5.92 Å². The van der Waals surface area contributed by atoms with Crippen LogP contribution in [0.2, 0.25) is 0 Å². The second kappa shape index (κ2) is 5.31. The third-order valence-corrected chi connectivity index (χ3v) is 4.67. The molecule has 0 spiro atoms. The molecule has 2 saturated heterocycles. The van der Waals surface area contributed by atoms with Gasteiger partial charge in [-0.25, -0.2) is 4.79 Å². The highest BCUT2D eigenvalue weighted by atomic mass is 19.4. The van der Waals surface area contributed by atoms with Crippen LogP contribution >= 0.6 is 0 Å². The number of hydrogen-bond donors (Lipinski definition) is 0. The van der Waals surface area contributed by atoms with E-state index in [-0.39, 0.29) is 12.5 Å². The van der Waals surface area contributed by atoms with Crippen LogP contribution in [0.3, 0.4) is 0 Å². The zero-order valence-corrected chi connectivity index (χ0v) is 11.2. The molecule has 19 heavy (non-hydrogen) atoms. The van der Waals surface area contributed by atoms with Crippen molar-refractivity contribution in [2.75, 3.05) is 26.7 Å². The van der Waals surface area contributed by atoms with Gasteiger partial charge < -0.3 is 9.22 Å². The van der Waals surface area contributed by atoms with Gasteiger partial charge in [0.05, 0.1) is 26.2 Å². The average molecular weight is 280 g/mol. The lowest BCUT2D eigenvalue weighted by Gasteiger charge is -2.51. The van der Waals surface area contributed by atoms with Crippen molar-refractivity contribution in [1.29, 1.82) is 0 Å². The van der Waals surface area contributed by atoms with E-state index in [1.165, 1.54) is 6.42 Å². The molecule has 2 aliphatic rings. The highest BCUT2D eigenvalue weighted by Crippen LogP contribution is 2.36. The summed E-state index contributed by atoms with van der Waals surface area (Å²) >= 11 is 0. The van der Waals surface area contributed by atoms with Crippen molar-refractivity contribution in [1.82, 2.24) is 0 Å². The summed E-state index contributed by atoms with van der Waals surface area (Å²) in [5, 5.41) is 0. The number of halogens is 3. The third-order valence-electron chi connectivity index (χ3n) is 4.67. The molecule has 2 aliphatic heterocycles. The van der Waals surface area contributed by atoms with E-state index in [4.69, 9.17) is 0 Å². The van der Waals surface area contributed by atoms with Gasteiger partial charge in [0.25, 0.3) is 0 Å². The Morgan fingerprint density at radius 1 is 1.21 bits per heavy atom. The molecule has 0 aromatic rings. The quantitative estimate of drug-likeness (QED) is 0.574. The molecule has 0 aliphatic carbocycles. The first-order valence-corrected chi connectivity index (χ1v) is 6.91. The number of esters is 1. The fourth-order valence-electron chi connectivity index (χ4n) is 3.69. The van der Waals surface area contributed by atoms with Gasteiger partial charge in [-0.05, 0) is 25.7 Å². The lowest BCUT2D eigenvalue weighted by Crippen LogP contribution is -2.61. The van der Waals surface area contributed by atoms with Crippen LogP contribution in [0.15, 0.2) is 0 Å². The van der Waals surface area contributed by atoms with E-state index in [0.29, 0.717) is 6.04 Å². The van der Waals surface area contributed by atoms with Gasteiger partial charge in [-0.2, -0.15) is 13.2 Å². The van der Waals surface area contributed by atoms with Crippen LogP contribution in [0.1, 0.15) is 32.1 Å². The number of piperidine rings is 2. The molecular formula is C13H21F3NO2+. The first-order valence-electron chi connectivity index (χ1n) is 6.91. The normalized spacial score (nSPS) is 35.6. The van der Waals surface area contributed by atoms with Crippen LogP contribution < -0.4 is 0 Å². The Labute approximate surface area is 111 Å². The van der Waals surface area contributed by atoms with Gasteiger partial charge >= 0.3 is 12.1 Å². The first-order chi connectivity index (χ1) is 8.83. The predicted octanol–water partition coefficient (Wildman–Crippen LogP) is 2.50. The SMILES string of the molecule is C[N+]12CCCCC1C(COC(=O)C(F)(F)F)CCC2. The summed E-state index contributed by atoms with van der Waals surface area (Å²) in [5.74, 6) is -1.98. The van der Waals surface area contributed by atoms with Crippen molar-refractivity contribution in [3.63, 3.8) is 0 Å². The highest BCUT2D eigenvalue weighted by molar-refractivity contribution is 5.75. The van der Waals surface area contributed by atoms with Crippen molar-refractivity contribution in [3.8, 4) is 0 Å². The number of carbonyl (C=O) groups excluding carboxylic acids is 1. The summed E-state index contributed by atoms with van der Waals surface area (Å²) in [6.45, 7) is 2.10. The summed E-state index contributed by atoms with van der Waals surface area (Å²) in [7, 11) is 2.18. The third kappa shape index (κ3) is 3.22. The number of fused-ring (bicyclic) bond motifs is 1. The molecule has 2 fully saturated rings. The van der Waals surface area contributed by atoms with Crippen LogP contribution in [0.4, 0.5) is 13.2 Å². The smallest absolute Gasteiger partial charge is 0.458 e. The molecule has 3 unspecified atom stereocenters. The number of rotatable bonds is 2. The number of hydrogen-bond acceptors (Lipinski definition) is 2. The number of carbonyl (C=O) groups is 1. The lowest BCUT2D eigenvalue weighted by atomic mass is 9.82. The lowest BCUT2D eigenvalue weighted by molar-refractivity contribution is -0.947. The Balaban J connectivity index is 1.94. The minimum absolute atomic E-state index is 0.0744. The molecule has 3 nitrogen and oxygen atoms in total. The summed E-state index contributed by atoms with van der Waals surface area (Å²) in [6.07, 6.45) is 0.333. The van der Waals surface area contributed by atoms with Crippen LogP contribution in [-0.2, 0) is 9.53 Å². The number of nitrogens with zero attached hydrogens (tertiary/aromatic N) is 1. The Kier molecular flexibility index (Phi) is 4.08. The zero-order chi connectivity index (χ0) is 14.1. The van der Waals surface area contributed by atoms with Gasteiger partial charge in [-0.15, -0.1) is 0 Å². The van der Waals surface area contributed by atoms with Crippen molar-refractivity contribution >= 4 is 5.97 Å². The van der Waals surface area contributed by atoms with Crippen LogP contribution in [-0.4, -0.2) is 49.4 Å². The van der Waals surface area contributed by atoms with Gasteiger partial charge in [0.2, 0.25) is 0 Å². The zero-order valence-electron chi connectivity index (χ0n) is 11.2. The van der Waals surface area contributed by atoms with E-state index in [1.807, 2.05) is 0 Å². The molecule has 0 radical (unpaired) electrons. The van der Waals surface area contributed by atoms with Crippen molar-refractivity contribution < 1.29 is 27.2 Å². The van der Waals surface area contributed by atoms with Gasteiger partial charge in [0.1, 0.15) is 6.61 Å².